The van der Waals surface area contributed by atoms with Crippen molar-refractivity contribution in [1.29, 1.82) is 0 Å². The number of aliphatic hydroxyl groups is 1. The van der Waals surface area contributed by atoms with Crippen LogP contribution in [0.1, 0.15) is 106 Å². The van der Waals surface area contributed by atoms with Crippen molar-refractivity contribution in [3.8, 4) is 16.9 Å². The van der Waals surface area contributed by atoms with Gasteiger partial charge in [-0.15, -0.1) is 0 Å². The van der Waals surface area contributed by atoms with Gasteiger partial charge < -0.3 is 19.8 Å². The lowest BCUT2D eigenvalue weighted by Crippen LogP contribution is -2.47. The van der Waals surface area contributed by atoms with E-state index in [0.29, 0.717) is 24.5 Å². The van der Waals surface area contributed by atoms with Gasteiger partial charge in [0, 0.05) is 18.2 Å². The van der Waals surface area contributed by atoms with Gasteiger partial charge in [-0.3, -0.25) is 9.59 Å². The summed E-state index contributed by atoms with van der Waals surface area (Å²) < 4.78 is 21.0. The highest BCUT2D eigenvalue weighted by molar-refractivity contribution is 5.87. The van der Waals surface area contributed by atoms with Gasteiger partial charge in [0.2, 0.25) is 5.91 Å². The number of aliphatic carboxylic acids is 1. The molecular weight excluding hydrogens is 533 g/mol. The number of hydrogen-bond acceptors (Lipinski definition) is 4. The summed E-state index contributed by atoms with van der Waals surface area (Å²) in [6.45, 7) is 16.8. The summed E-state index contributed by atoms with van der Waals surface area (Å²) in [4.78, 5) is 27.5. The van der Waals surface area contributed by atoms with E-state index < -0.39 is 17.4 Å². The average molecular weight is 582 g/mol. The van der Waals surface area contributed by atoms with E-state index >= 15 is 4.39 Å². The molecule has 1 atom stereocenters. The molecule has 0 aromatic heterocycles. The Morgan fingerprint density at radius 3 is 2.38 bits per heavy atom. The average Bonchev–Trinajstić information content (AvgIpc) is 2.88. The van der Waals surface area contributed by atoms with Crippen molar-refractivity contribution < 1.29 is 28.9 Å². The number of hydrogen-bond donors (Lipinski definition) is 2. The summed E-state index contributed by atoms with van der Waals surface area (Å²) in [5, 5.41) is 18.3. The Labute approximate surface area is 250 Å². The van der Waals surface area contributed by atoms with Crippen LogP contribution < -0.4 is 4.74 Å². The molecule has 1 aliphatic carbocycles. The minimum absolute atomic E-state index is 0.125. The predicted molar refractivity (Wildman–Crippen MR) is 163 cm³/mol. The second-order valence-corrected chi connectivity index (χ2v) is 14.2. The van der Waals surface area contributed by atoms with Crippen molar-refractivity contribution in [2.45, 2.75) is 125 Å². The number of halogens is 1. The Kier molecular flexibility index (Phi) is 9.13. The van der Waals surface area contributed by atoms with Crippen LogP contribution in [0.2, 0.25) is 0 Å². The SMILES string of the molecule is CC(C)(C)O.Cc1c(-c2c(C)c3c(c(C)c2CC(=O)O)CC(=O)N(C2CCCC(C)(C)C2)C3)cc(F)c2c1CCCO2. The van der Waals surface area contributed by atoms with Crippen LogP contribution in [0.15, 0.2) is 6.07 Å². The second kappa shape index (κ2) is 12.0. The van der Waals surface area contributed by atoms with Crippen molar-refractivity contribution >= 4 is 11.9 Å². The molecule has 2 aliphatic heterocycles. The largest absolute Gasteiger partial charge is 0.490 e. The van der Waals surface area contributed by atoms with E-state index in [1.54, 1.807) is 20.8 Å². The number of carbonyl (C=O) groups excluding carboxylic acids is 1. The Morgan fingerprint density at radius 2 is 1.76 bits per heavy atom. The van der Waals surface area contributed by atoms with Crippen LogP contribution in [0, 0.1) is 32.0 Å². The van der Waals surface area contributed by atoms with Gasteiger partial charge in [-0.1, -0.05) is 20.3 Å². The van der Waals surface area contributed by atoms with E-state index in [1.165, 1.54) is 12.5 Å². The van der Waals surface area contributed by atoms with E-state index in [1.807, 2.05) is 20.8 Å². The molecule has 1 saturated carbocycles. The zero-order chi connectivity index (χ0) is 31.1. The molecule has 1 unspecified atom stereocenters. The first-order valence-corrected chi connectivity index (χ1v) is 15.3. The number of carboxylic acids is 1. The minimum Gasteiger partial charge on any atom is -0.490 e. The van der Waals surface area contributed by atoms with Crippen LogP contribution in [-0.4, -0.2) is 45.2 Å². The number of nitrogens with zero attached hydrogens (tertiary/aromatic N) is 1. The number of rotatable bonds is 4. The number of amides is 1. The molecule has 1 amide bonds. The molecule has 0 radical (unpaired) electrons. The molecule has 7 heteroatoms. The smallest absolute Gasteiger partial charge is 0.307 e. The van der Waals surface area contributed by atoms with Gasteiger partial charge in [0.15, 0.2) is 11.6 Å². The first kappa shape index (κ1) is 32.0. The number of benzene rings is 2. The second-order valence-electron chi connectivity index (χ2n) is 14.2. The summed E-state index contributed by atoms with van der Waals surface area (Å²) >= 11 is 0. The van der Waals surface area contributed by atoms with Crippen molar-refractivity contribution in [3.05, 3.63) is 50.8 Å². The molecule has 2 N–H and O–H groups in total. The van der Waals surface area contributed by atoms with Crippen molar-refractivity contribution in [3.63, 3.8) is 0 Å². The Bertz CT molecular complexity index is 1380. The molecule has 2 heterocycles. The number of fused-ring (bicyclic) bond motifs is 2. The van der Waals surface area contributed by atoms with Gasteiger partial charge in [-0.05, 0) is 130 Å². The van der Waals surface area contributed by atoms with Crippen molar-refractivity contribution in [2.75, 3.05) is 6.61 Å². The van der Waals surface area contributed by atoms with Gasteiger partial charge in [0.25, 0.3) is 0 Å². The Balaban J connectivity index is 0.000000748. The Morgan fingerprint density at radius 1 is 1.10 bits per heavy atom. The van der Waals surface area contributed by atoms with E-state index in [9.17, 15) is 14.7 Å². The first-order chi connectivity index (χ1) is 19.5. The maximum Gasteiger partial charge on any atom is 0.307 e. The normalized spacial score (nSPS) is 19.7. The van der Waals surface area contributed by atoms with E-state index in [-0.39, 0.29) is 30.2 Å². The molecular formula is C35H48FNO5. The zero-order valence-corrected chi connectivity index (χ0v) is 26.7. The fourth-order valence-corrected chi connectivity index (χ4v) is 7.08. The highest BCUT2D eigenvalue weighted by atomic mass is 19.1. The van der Waals surface area contributed by atoms with Crippen LogP contribution >= 0.6 is 0 Å². The minimum atomic E-state index is -0.934. The molecule has 1 fully saturated rings. The third kappa shape index (κ3) is 6.82. The lowest BCUT2D eigenvalue weighted by molar-refractivity contribution is -0.136. The molecule has 2 aromatic carbocycles. The van der Waals surface area contributed by atoms with Crippen LogP contribution in [0.3, 0.4) is 0 Å². The van der Waals surface area contributed by atoms with Crippen LogP contribution in [0.5, 0.6) is 5.75 Å². The van der Waals surface area contributed by atoms with Gasteiger partial charge in [-0.2, -0.15) is 0 Å². The lowest BCUT2D eigenvalue weighted by atomic mass is 9.73. The number of carbonyl (C=O) groups is 2. The van der Waals surface area contributed by atoms with Crippen LogP contribution in [0.4, 0.5) is 4.39 Å². The van der Waals surface area contributed by atoms with Gasteiger partial charge in [-0.25, -0.2) is 4.39 Å². The third-order valence-corrected chi connectivity index (χ3v) is 9.03. The number of ether oxygens (including phenoxy) is 1. The maximum atomic E-state index is 15.3. The molecule has 0 spiro atoms. The van der Waals surface area contributed by atoms with E-state index in [4.69, 9.17) is 9.84 Å². The van der Waals surface area contributed by atoms with Crippen molar-refractivity contribution in [1.82, 2.24) is 4.90 Å². The van der Waals surface area contributed by atoms with E-state index in [2.05, 4.69) is 18.7 Å². The van der Waals surface area contributed by atoms with Gasteiger partial charge in [0.1, 0.15) is 0 Å². The monoisotopic (exact) mass is 581 g/mol. The molecule has 42 heavy (non-hydrogen) atoms. The predicted octanol–water partition coefficient (Wildman–Crippen LogP) is 7.00. The third-order valence-electron chi connectivity index (χ3n) is 9.03. The molecule has 230 valence electrons. The topological polar surface area (TPSA) is 87.1 Å². The molecule has 2 aromatic rings. The fourth-order valence-electron chi connectivity index (χ4n) is 7.08. The highest BCUT2D eigenvalue weighted by Crippen LogP contribution is 2.45. The zero-order valence-electron chi connectivity index (χ0n) is 26.7. The summed E-state index contributed by atoms with van der Waals surface area (Å²) in [5.41, 5.74) is 7.62. The molecule has 0 saturated heterocycles. The van der Waals surface area contributed by atoms with Crippen LogP contribution in [0.25, 0.3) is 11.1 Å². The fraction of sp³-hybridized carbons (Fsp3) is 0.600. The molecule has 0 bridgehead atoms. The molecule has 3 aliphatic rings. The quantitative estimate of drug-likeness (QED) is 0.406. The van der Waals surface area contributed by atoms with Crippen molar-refractivity contribution in [2.24, 2.45) is 5.41 Å². The summed E-state index contributed by atoms with van der Waals surface area (Å²) in [6, 6.07) is 1.74. The maximum absolute atomic E-state index is 15.3. The lowest BCUT2D eigenvalue weighted by Gasteiger charge is -2.44. The summed E-state index contributed by atoms with van der Waals surface area (Å²) in [6.07, 6.45) is 5.99. The molecule has 5 rings (SSSR count). The summed E-state index contributed by atoms with van der Waals surface area (Å²) in [5.74, 6) is -0.875. The van der Waals surface area contributed by atoms with E-state index in [0.717, 1.165) is 76.6 Å². The first-order valence-electron chi connectivity index (χ1n) is 15.3. The number of carboxylic acid groups (broad SMARTS) is 1. The highest BCUT2D eigenvalue weighted by Gasteiger charge is 2.38. The summed E-state index contributed by atoms with van der Waals surface area (Å²) in [7, 11) is 0. The van der Waals surface area contributed by atoms with Gasteiger partial charge in [0.05, 0.1) is 25.0 Å². The standard InChI is InChI=1S/C31H38FNO4.C4H10O/c1-17-21-9-7-11-37-30(21)26(32)12-23(17)29-19(3)25-16-33(20-8-6-10-31(4,5)15-20)27(34)13-22(25)18(2)24(29)14-28(35)36;1-4(2,3)5/h12,20H,6-11,13-16H2,1-5H3,(H,35,36);5H,1-3H3. The van der Waals surface area contributed by atoms with Crippen LogP contribution in [-0.2, 0) is 35.4 Å². The van der Waals surface area contributed by atoms with Gasteiger partial charge >= 0.3 is 5.97 Å². The Hall–Kier alpha value is -2.93. The molecule has 6 nitrogen and oxygen atoms in total.